The zero-order valence-electron chi connectivity index (χ0n) is 8.60. The highest BCUT2D eigenvalue weighted by Gasteiger charge is 2.16. The first-order valence-electron chi connectivity index (χ1n) is 4.43. The van der Waals surface area contributed by atoms with E-state index < -0.39 is 17.9 Å². The number of rotatable bonds is 5. The standard InChI is InChI=1S/C9H12N2O4S/c1-15-6-2-3-16-7(6)9(14)11-4-5(12)8(10)13/h2-3,5,12H,4H2,1H3,(H2,10,13)(H,11,14). The minimum absolute atomic E-state index is 0.213. The maximum absolute atomic E-state index is 11.6. The van der Waals surface area contributed by atoms with Crippen molar-refractivity contribution in [1.29, 1.82) is 0 Å². The van der Waals surface area contributed by atoms with Gasteiger partial charge < -0.3 is 20.9 Å². The molecule has 0 aromatic carbocycles. The summed E-state index contributed by atoms with van der Waals surface area (Å²) in [6.07, 6.45) is -1.38. The number of amides is 2. The van der Waals surface area contributed by atoms with E-state index in [0.717, 1.165) is 0 Å². The van der Waals surface area contributed by atoms with Gasteiger partial charge in [0.05, 0.1) is 13.7 Å². The molecule has 1 aromatic rings. The first-order chi connectivity index (χ1) is 7.56. The molecule has 0 fully saturated rings. The Morgan fingerprint density at radius 2 is 2.38 bits per heavy atom. The maximum Gasteiger partial charge on any atom is 0.265 e. The topological polar surface area (TPSA) is 102 Å². The molecule has 7 heteroatoms. The Labute approximate surface area is 96.0 Å². The fourth-order valence-corrected chi connectivity index (χ4v) is 1.77. The lowest BCUT2D eigenvalue weighted by molar-refractivity contribution is -0.125. The second-order valence-electron chi connectivity index (χ2n) is 2.95. The number of carbonyl (C=O) groups is 2. The Balaban J connectivity index is 2.56. The van der Waals surface area contributed by atoms with Crippen molar-refractivity contribution in [1.82, 2.24) is 5.32 Å². The molecule has 6 nitrogen and oxygen atoms in total. The number of hydrogen-bond donors (Lipinski definition) is 3. The quantitative estimate of drug-likeness (QED) is 0.639. The third-order valence-electron chi connectivity index (χ3n) is 1.84. The second kappa shape index (κ2) is 5.47. The van der Waals surface area contributed by atoms with E-state index >= 15 is 0 Å². The molecule has 1 unspecified atom stereocenters. The number of aliphatic hydroxyl groups excluding tert-OH is 1. The summed E-state index contributed by atoms with van der Waals surface area (Å²) in [5.74, 6) is -0.832. The summed E-state index contributed by atoms with van der Waals surface area (Å²) in [7, 11) is 1.46. The van der Waals surface area contributed by atoms with Gasteiger partial charge in [-0.15, -0.1) is 11.3 Å². The molecule has 1 aromatic heterocycles. The fourth-order valence-electron chi connectivity index (χ4n) is 0.994. The van der Waals surface area contributed by atoms with E-state index in [-0.39, 0.29) is 6.54 Å². The number of nitrogens with one attached hydrogen (secondary N) is 1. The monoisotopic (exact) mass is 244 g/mol. The van der Waals surface area contributed by atoms with Crippen LogP contribution < -0.4 is 15.8 Å². The number of hydrogen-bond acceptors (Lipinski definition) is 5. The van der Waals surface area contributed by atoms with Crippen LogP contribution >= 0.6 is 11.3 Å². The van der Waals surface area contributed by atoms with Crippen LogP contribution in [0.25, 0.3) is 0 Å². The van der Waals surface area contributed by atoms with Crippen LogP contribution in [0.15, 0.2) is 11.4 Å². The molecule has 4 N–H and O–H groups in total. The number of carbonyl (C=O) groups excluding carboxylic acids is 2. The van der Waals surface area contributed by atoms with E-state index in [0.29, 0.717) is 10.6 Å². The average molecular weight is 244 g/mol. The van der Waals surface area contributed by atoms with Gasteiger partial charge in [-0.05, 0) is 11.4 Å². The highest BCUT2D eigenvalue weighted by Crippen LogP contribution is 2.23. The van der Waals surface area contributed by atoms with E-state index in [9.17, 15) is 9.59 Å². The Kier molecular flexibility index (Phi) is 4.27. The van der Waals surface area contributed by atoms with Crippen molar-refractivity contribution < 1.29 is 19.4 Å². The van der Waals surface area contributed by atoms with E-state index in [1.807, 2.05) is 0 Å². The summed E-state index contributed by atoms with van der Waals surface area (Å²) >= 11 is 1.21. The van der Waals surface area contributed by atoms with Crippen molar-refractivity contribution >= 4 is 23.2 Å². The molecule has 1 rings (SSSR count). The number of primary amides is 1. The fraction of sp³-hybridized carbons (Fsp3) is 0.333. The Morgan fingerprint density at radius 3 is 2.94 bits per heavy atom. The minimum atomic E-state index is -1.38. The molecular weight excluding hydrogens is 232 g/mol. The maximum atomic E-state index is 11.6. The molecule has 0 radical (unpaired) electrons. The number of aliphatic hydroxyl groups is 1. The number of nitrogens with two attached hydrogens (primary N) is 1. The average Bonchev–Trinajstić information content (AvgIpc) is 2.73. The van der Waals surface area contributed by atoms with Gasteiger partial charge >= 0.3 is 0 Å². The molecule has 0 aliphatic rings. The molecule has 0 spiro atoms. The minimum Gasteiger partial charge on any atom is -0.495 e. The van der Waals surface area contributed by atoms with Crippen molar-refractivity contribution in [2.45, 2.75) is 6.10 Å². The summed E-state index contributed by atoms with van der Waals surface area (Å²) in [6, 6.07) is 1.66. The smallest absolute Gasteiger partial charge is 0.265 e. The van der Waals surface area contributed by atoms with Crippen LogP contribution in [0.1, 0.15) is 9.67 Å². The van der Waals surface area contributed by atoms with Crippen LogP contribution in [0.3, 0.4) is 0 Å². The molecule has 16 heavy (non-hydrogen) atoms. The van der Waals surface area contributed by atoms with Gasteiger partial charge in [0.25, 0.3) is 5.91 Å². The highest BCUT2D eigenvalue weighted by molar-refractivity contribution is 7.12. The van der Waals surface area contributed by atoms with Gasteiger partial charge in [0.2, 0.25) is 5.91 Å². The molecule has 0 saturated heterocycles. The van der Waals surface area contributed by atoms with E-state index in [1.54, 1.807) is 11.4 Å². The first-order valence-corrected chi connectivity index (χ1v) is 5.31. The zero-order chi connectivity index (χ0) is 12.1. The number of ether oxygens (including phenoxy) is 1. The van der Waals surface area contributed by atoms with Gasteiger partial charge in [-0.3, -0.25) is 9.59 Å². The molecule has 0 bridgehead atoms. The van der Waals surface area contributed by atoms with Crippen LogP contribution in [0, 0.1) is 0 Å². The predicted molar refractivity (Wildman–Crippen MR) is 58.4 cm³/mol. The lowest BCUT2D eigenvalue weighted by atomic mass is 10.3. The van der Waals surface area contributed by atoms with E-state index in [1.165, 1.54) is 18.4 Å². The van der Waals surface area contributed by atoms with E-state index in [2.05, 4.69) is 5.32 Å². The van der Waals surface area contributed by atoms with Gasteiger partial charge in [0, 0.05) is 0 Å². The van der Waals surface area contributed by atoms with Crippen LogP contribution in [0.4, 0.5) is 0 Å². The van der Waals surface area contributed by atoms with Gasteiger partial charge in [0.1, 0.15) is 16.7 Å². The lowest BCUT2D eigenvalue weighted by Crippen LogP contribution is -2.39. The van der Waals surface area contributed by atoms with Crippen LogP contribution in [0.2, 0.25) is 0 Å². The molecule has 1 heterocycles. The predicted octanol–water partition coefficient (Wildman–Crippen LogP) is -0.667. The lowest BCUT2D eigenvalue weighted by Gasteiger charge is -2.08. The largest absolute Gasteiger partial charge is 0.495 e. The summed E-state index contributed by atoms with van der Waals surface area (Å²) < 4.78 is 4.96. The molecule has 0 saturated carbocycles. The Hall–Kier alpha value is -1.60. The molecule has 0 aliphatic carbocycles. The van der Waals surface area contributed by atoms with E-state index in [4.69, 9.17) is 15.6 Å². The summed E-state index contributed by atoms with van der Waals surface area (Å²) in [6.45, 7) is -0.213. The van der Waals surface area contributed by atoms with Crippen LogP contribution in [-0.2, 0) is 4.79 Å². The van der Waals surface area contributed by atoms with Crippen molar-refractivity contribution in [3.8, 4) is 5.75 Å². The zero-order valence-corrected chi connectivity index (χ0v) is 9.41. The SMILES string of the molecule is COc1ccsc1C(=O)NCC(O)C(N)=O. The molecular formula is C9H12N2O4S. The number of thiophene rings is 1. The van der Waals surface area contributed by atoms with Crippen LogP contribution in [0.5, 0.6) is 5.75 Å². The van der Waals surface area contributed by atoms with Crippen molar-refractivity contribution in [2.75, 3.05) is 13.7 Å². The van der Waals surface area contributed by atoms with Crippen molar-refractivity contribution in [2.24, 2.45) is 5.73 Å². The summed E-state index contributed by atoms with van der Waals surface area (Å²) in [5.41, 5.74) is 4.83. The highest BCUT2D eigenvalue weighted by atomic mass is 32.1. The molecule has 2 amide bonds. The second-order valence-corrected chi connectivity index (χ2v) is 3.86. The third-order valence-corrected chi connectivity index (χ3v) is 2.73. The Bertz CT molecular complexity index is 391. The van der Waals surface area contributed by atoms with Crippen LogP contribution in [-0.4, -0.2) is 36.7 Å². The van der Waals surface area contributed by atoms with Gasteiger partial charge in [-0.25, -0.2) is 0 Å². The van der Waals surface area contributed by atoms with Gasteiger partial charge in [-0.1, -0.05) is 0 Å². The summed E-state index contributed by atoms with van der Waals surface area (Å²) in [4.78, 5) is 22.5. The molecule has 0 aliphatic heterocycles. The Morgan fingerprint density at radius 1 is 1.69 bits per heavy atom. The first kappa shape index (κ1) is 12.5. The summed E-state index contributed by atoms with van der Waals surface area (Å²) in [5, 5.41) is 13.2. The number of methoxy groups -OCH3 is 1. The van der Waals surface area contributed by atoms with Crippen molar-refractivity contribution in [3.63, 3.8) is 0 Å². The van der Waals surface area contributed by atoms with Gasteiger partial charge in [0.15, 0.2) is 0 Å². The normalized spacial score (nSPS) is 11.9. The third kappa shape index (κ3) is 2.94. The van der Waals surface area contributed by atoms with Gasteiger partial charge in [-0.2, -0.15) is 0 Å². The molecule has 88 valence electrons. The molecule has 1 atom stereocenters. The van der Waals surface area contributed by atoms with Crippen molar-refractivity contribution in [3.05, 3.63) is 16.3 Å².